The molecule has 1 rings (SSSR count). The van der Waals surface area contributed by atoms with Crippen LogP contribution in [0.1, 0.15) is 54.3 Å². The van der Waals surface area contributed by atoms with Gasteiger partial charge in [-0.05, 0) is 42.7 Å². The molecule has 0 fully saturated rings. The molecule has 0 atom stereocenters. The van der Waals surface area contributed by atoms with E-state index in [0.717, 1.165) is 37.0 Å². The first-order valence-electron chi connectivity index (χ1n) is 6.00. The molecule has 0 saturated heterocycles. The van der Waals surface area contributed by atoms with E-state index in [9.17, 15) is 4.79 Å². The Morgan fingerprint density at radius 1 is 1.44 bits per heavy atom. The van der Waals surface area contributed by atoms with E-state index in [1.165, 1.54) is 5.56 Å². The third-order valence-corrected chi connectivity index (χ3v) is 3.69. The van der Waals surface area contributed by atoms with Crippen molar-refractivity contribution in [2.75, 3.05) is 0 Å². The van der Waals surface area contributed by atoms with Crippen LogP contribution in [0.25, 0.3) is 0 Å². The SMILES string of the molecule is C=CCCCCCC(=O)c1sccc1CC. The summed E-state index contributed by atoms with van der Waals surface area (Å²) in [5.41, 5.74) is 1.21. The van der Waals surface area contributed by atoms with Crippen molar-refractivity contribution in [2.24, 2.45) is 0 Å². The van der Waals surface area contributed by atoms with Gasteiger partial charge in [-0.2, -0.15) is 0 Å². The number of thiophene rings is 1. The van der Waals surface area contributed by atoms with Gasteiger partial charge in [0.2, 0.25) is 0 Å². The molecule has 88 valence electrons. The van der Waals surface area contributed by atoms with Gasteiger partial charge in [-0.1, -0.05) is 19.4 Å². The van der Waals surface area contributed by atoms with Crippen LogP contribution in [-0.4, -0.2) is 5.78 Å². The van der Waals surface area contributed by atoms with Crippen LogP contribution < -0.4 is 0 Å². The number of unbranched alkanes of at least 4 members (excludes halogenated alkanes) is 3. The van der Waals surface area contributed by atoms with Gasteiger partial charge >= 0.3 is 0 Å². The molecule has 1 heterocycles. The van der Waals surface area contributed by atoms with Crippen LogP contribution in [0.15, 0.2) is 24.1 Å². The average Bonchev–Trinajstić information content (AvgIpc) is 2.76. The summed E-state index contributed by atoms with van der Waals surface area (Å²) in [5, 5.41) is 2.02. The predicted molar refractivity (Wildman–Crippen MR) is 71.3 cm³/mol. The van der Waals surface area contributed by atoms with Crippen molar-refractivity contribution >= 4 is 17.1 Å². The van der Waals surface area contributed by atoms with E-state index in [1.54, 1.807) is 11.3 Å². The molecule has 16 heavy (non-hydrogen) atoms. The fourth-order valence-corrected chi connectivity index (χ4v) is 2.69. The Morgan fingerprint density at radius 3 is 2.94 bits per heavy atom. The Bertz CT molecular complexity index is 338. The van der Waals surface area contributed by atoms with Crippen molar-refractivity contribution in [1.82, 2.24) is 0 Å². The lowest BCUT2D eigenvalue weighted by molar-refractivity contribution is 0.0982. The molecule has 0 radical (unpaired) electrons. The number of ketones is 1. The van der Waals surface area contributed by atoms with E-state index in [-0.39, 0.29) is 0 Å². The lowest BCUT2D eigenvalue weighted by atomic mass is 10.1. The minimum absolute atomic E-state index is 0.324. The molecule has 0 aliphatic heterocycles. The second-order valence-corrected chi connectivity index (χ2v) is 4.86. The fraction of sp³-hybridized carbons (Fsp3) is 0.500. The Kier molecular flexibility index (Phi) is 6.09. The maximum absolute atomic E-state index is 11.9. The highest BCUT2D eigenvalue weighted by atomic mass is 32.1. The molecule has 0 aromatic carbocycles. The Hall–Kier alpha value is -0.890. The lowest BCUT2D eigenvalue weighted by Crippen LogP contribution is -1.99. The number of allylic oxidation sites excluding steroid dienone is 1. The molecule has 1 aromatic heterocycles. The van der Waals surface area contributed by atoms with E-state index in [1.807, 2.05) is 11.5 Å². The fourth-order valence-electron chi connectivity index (χ4n) is 1.72. The average molecular weight is 236 g/mol. The van der Waals surface area contributed by atoms with Crippen molar-refractivity contribution in [3.05, 3.63) is 34.5 Å². The summed E-state index contributed by atoms with van der Waals surface area (Å²) < 4.78 is 0. The number of Topliss-reactive ketones (excluding diaryl/α,β-unsaturated/α-hetero) is 1. The van der Waals surface area contributed by atoms with Gasteiger partial charge in [0.15, 0.2) is 5.78 Å². The topological polar surface area (TPSA) is 17.1 Å². The summed E-state index contributed by atoms with van der Waals surface area (Å²) in [6.07, 6.45) is 7.95. The number of carbonyl (C=O) groups excluding carboxylic acids is 1. The predicted octanol–water partition coefficient (Wildman–Crippen LogP) is 4.63. The number of rotatable bonds is 8. The summed E-state index contributed by atoms with van der Waals surface area (Å²) in [5.74, 6) is 0.324. The second kappa shape index (κ2) is 7.39. The highest BCUT2D eigenvalue weighted by Crippen LogP contribution is 2.20. The molecular weight excluding hydrogens is 216 g/mol. The van der Waals surface area contributed by atoms with Gasteiger partial charge in [-0.3, -0.25) is 4.79 Å². The van der Waals surface area contributed by atoms with Gasteiger partial charge in [-0.25, -0.2) is 0 Å². The molecule has 0 aliphatic carbocycles. The van der Waals surface area contributed by atoms with E-state index < -0.39 is 0 Å². The summed E-state index contributed by atoms with van der Waals surface area (Å²) in [4.78, 5) is 12.9. The third-order valence-electron chi connectivity index (χ3n) is 2.69. The number of aryl methyl sites for hydroxylation is 1. The zero-order valence-corrected chi connectivity index (χ0v) is 10.8. The lowest BCUT2D eigenvalue weighted by Gasteiger charge is -2.01. The summed E-state index contributed by atoms with van der Waals surface area (Å²) in [7, 11) is 0. The first-order valence-corrected chi connectivity index (χ1v) is 6.88. The molecule has 2 heteroatoms. The zero-order chi connectivity index (χ0) is 11.8. The van der Waals surface area contributed by atoms with Crippen molar-refractivity contribution in [1.29, 1.82) is 0 Å². The van der Waals surface area contributed by atoms with Gasteiger partial charge in [0.25, 0.3) is 0 Å². The number of hydrogen-bond donors (Lipinski definition) is 0. The van der Waals surface area contributed by atoms with Crippen LogP contribution in [0.4, 0.5) is 0 Å². The number of hydrogen-bond acceptors (Lipinski definition) is 2. The standard InChI is InChI=1S/C14H20OS/c1-3-5-6-7-8-9-13(15)14-12(4-2)10-11-16-14/h3,10-11H,1,4-9H2,2H3. The molecule has 1 aromatic rings. The van der Waals surface area contributed by atoms with Crippen molar-refractivity contribution < 1.29 is 4.79 Å². The van der Waals surface area contributed by atoms with Crippen LogP contribution in [0.5, 0.6) is 0 Å². The van der Waals surface area contributed by atoms with Gasteiger partial charge in [0.1, 0.15) is 0 Å². The van der Waals surface area contributed by atoms with Crippen LogP contribution in [-0.2, 0) is 6.42 Å². The molecule has 0 unspecified atom stereocenters. The van der Waals surface area contributed by atoms with Crippen molar-refractivity contribution in [3.63, 3.8) is 0 Å². The van der Waals surface area contributed by atoms with Gasteiger partial charge < -0.3 is 0 Å². The molecule has 0 saturated carbocycles. The Morgan fingerprint density at radius 2 is 2.25 bits per heavy atom. The highest BCUT2D eigenvalue weighted by molar-refractivity contribution is 7.12. The highest BCUT2D eigenvalue weighted by Gasteiger charge is 2.11. The molecule has 0 bridgehead atoms. The smallest absolute Gasteiger partial charge is 0.173 e. The molecule has 0 aliphatic rings. The second-order valence-electron chi connectivity index (χ2n) is 3.94. The van der Waals surface area contributed by atoms with Gasteiger partial charge in [-0.15, -0.1) is 17.9 Å². The first-order chi connectivity index (χ1) is 7.79. The van der Waals surface area contributed by atoms with E-state index in [4.69, 9.17) is 0 Å². The van der Waals surface area contributed by atoms with Crippen LogP contribution in [0.2, 0.25) is 0 Å². The largest absolute Gasteiger partial charge is 0.293 e. The minimum atomic E-state index is 0.324. The monoisotopic (exact) mass is 236 g/mol. The quantitative estimate of drug-likeness (QED) is 0.365. The van der Waals surface area contributed by atoms with Crippen LogP contribution in [0, 0.1) is 0 Å². The van der Waals surface area contributed by atoms with Crippen LogP contribution >= 0.6 is 11.3 Å². The Labute approximate surface area is 102 Å². The molecule has 0 amide bonds. The first kappa shape index (κ1) is 13.2. The van der Waals surface area contributed by atoms with E-state index in [2.05, 4.69) is 19.6 Å². The minimum Gasteiger partial charge on any atom is -0.293 e. The Balaban J connectivity index is 2.32. The van der Waals surface area contributed by atoms with Gasteiger partial charge in [0.05, 0.1) is 4.88 Å². The van der Waals surface area contributed by atoms with Crippen molar-refractivity contribution in [3.8, 4) is 0 Å². The van der Waals surface area contributed by atoms with Gasteiger partial charge in [0, 0.05) is 6.42 Å². The maximum atomic E-state index is 11.9. The normalized spacial score (nSPS) is 10.3. The summed E-state index contributed by atoms with van der Waals surface area (Å²) in [6.45, 7) is 5.79. The summed E-state index contributed by atoms with van der Waals surface area (Å²) >= 11 is 1.58. The van der Waals surface area contributed by atoms with E-state index >= 15 is 0 Å². The zero-order valence-electron chi connectivity index (χ0n) is 10.00. The molecular formula is C14H20OS. The van der Waals surface area contributed by atoms with Crippen molar-refractivity contribution in [2.45, 2.75) is 45.4 Å². The molecule has 1 nitrogen and oxygen atoms in total. The van der Waals surface area contributed by atoms with Crippen LogP contribution in [0.3, 0.4) is 0 Å². The number of carbonyl (C=O) groups is 1. The summed E-state index contributed by atoms with van der Waals surface area (Å²) in [6, 6.07) is 2.07. The molecule has 0 spiro atoms. The molecule has 0 N–H and O–H groups in total. The third kappa shape index (κ3) is 3.93. The maximum Gasteiger partial charge on any atom is 0.173 e. The van der Waals surface area contributed by atoms with E-state index in [0.29, 0.717) is 12.2 Å².